The fourth-order valence-electron chi connectivity index (χ4n) is 1.39. The highest BCUT2D eigenvalue weighted by Crippen LogP contribution is 2.35. The van der Waals surface area contributed by atoms with Crippen molar-refractivity contribution in [1.29, 1.82) is 0 Å². The van der Waals surface area contributed by atoms with Crippen LogP contribution in [0.5, 0.6) is 0 Å². The van der Waals surface area contributed by atoms with E-state index in [0.29, 0.717) is 25.5 Å². The van der Waals surface area contributed by atoms with Gasteiger partial charge in [0.05, 0.1) is 12.2 Å². The maximum absolute atomic E-state index is 13.5. The Bertz CT molecular complexity index is 589. The van der Waals surface area contributed by atoms with Crippen LogP contribution < -0.4 is 5.32 Å². The van der Waals surface area contributed by atoms with Crippen LogP contribution in [0.25, 0.3) is 0 Å². The molecule has 0 bridgehead atoms. The molecular formula is C11H8Br2ClFN2S. The first-order valence-electron chi connectivity index (χ1n) is 4.97. The molecule has 0 saturated carbocycles. The van der Waals surface area contributed by atoms with Crippen LogP contribution in [0.15, 0.2) is 21.2 Å². The molecule has 18 heavy (non-hydrogen) atoms. The van der Waals surface area contributed by atoms with Gasteiger partial charge in [-0.2, -0.15) is 0 Å². The molecule has 0 aliphatic heterocycles. The van der Waals surface area contributed by atoms with E-state index in [1.54, 1.807) is 13.1 Å². The van der Waals surface area contributed by atoms with Gasteiger partial charge in [-0.1, -0.05) is 11.6 Å². The lowest BCUT2D eigenvalue weighted by Crippen LogP contribution is -2.01. The average molecular weight is 415 g/mol. The quantitative estimate of drug-likeness (QED) is 0.729. The summed E-state index contributed by atoms with van der Waals surface area (Å²) in [7, 11) is 0. The second-order valence-corrected chi connectivity index (χ2v) is 6.93. The van der Waals surface area contributed by atoms with E-state index >= 15 is 0 Å². The molecular weight excluding hydrogens is 406 g/mol. The predicted molar refractivity (Wildman–Crippen MR) is 81.0 cm³/mol. The predicted octanol–water partition coefficient (Wildman–Crippen LogP) is 5.38. The molecule has 0 amide bonds. The molecule has 2 aromatic rings. The highest BCUT2D eigenvalue weighted by atomic mass is 79.9. The van der Waals surface area contributed by atoms with Crippen molar-refractivity contribution in [2.75, 3.05) is 5.32 Å². The zero-order chi connectivity index (χ0) is 13.3. The van der Waals surface area contributed by atoms with Gasteiger partial charge in [-0.3, -0.25) is 0 Å². The minimum absolute atomic E-state index is 0.250. The maximum Gasteiger partial charge on any atom is 0.183 e. The number of benzene rings is 1. The third-order valence-electron chi connectivity index (χ3n) is 2.36. The number of rotatable bonds is 3. The summed E-state index contributed by atoms with van der Waals surface area (Å²) in [5.41, 5.74) is 1.39. The van der Waals surface area contributed by atoms with Crippen LogP contribution in [0, 0.1) is 12.7 Å². The molecule has 0 fully saturated rings. The van der Waals surface area contributed by atoms with Crippen LogP contribution in [-0.2, 0) is 6.54 Å². The number of nitrogens with one attached hydrogen (secondary N) is 1. The van der Waals surface area contributed by atoms with Crippen LogP contribution in [0.1, 0.15) is 10.4 Å². The van der Waals surface area contributed by atoms with E-state index in [0.717, 1.165) is 10.6 Å². The van der Waals surface area contributed by atoms with Crippen molar-refractivity contribution in [2.45, 2.75) is 13.5 Å². The molecule has 0 saturated heterocycles. The molecule has 1 heterocycles. The van der Waals surface area contributed by atoms with Crippen molar-refractivity contribution in [3.05, 3.63) is 41.9 Å². The molecule has 1 aromatic carbocycles. The molecule has 1 aromatic heterocycles. The summed E-state index contributed by atoms with van der Waals surface area (Å²) < 4.78 is 15.4. The largest absolute Gasteiger partial charge is 0.378 e. The fourth-order valence-corrected chi connectivity index (χ4v) is 3.66. The number of halogens is 4. The summed E-state index contributed by atoms with van der Waals surface area (Å²) >= 11 is 13.9. The summed E-state index contributed by atoms with van der Waals surface area (Å²) in [6.07, 6.45) is 1.72. The molecule has 0 spiro atoms. The Labute approximate surface area is 130 Å². The Kier molecular flexibility index (Phi) is 4.64. The second kappa shape index (κ2) is 5.86. The molecule has 0 radical (unpaired) electrons. The first kappa shape index (κ1) is 14.2. The highest BCUT2D eigenvalue weighted by Gasteiger charge is 2.12. The van der Waals surface area contributed by atoms with E-state index in [4.69, 9.17) is 11.6 Å². The number of aromatic nitrogens is 1. The zero-order valence-corrected chi connectivity index (χ0v) is 14.0. The SMILES string of the molecule is Cc1c(F)cc(Br)c(NCc2cnc(Cl)s2)c1Br. The standard InChI is InChI=1S/C11H8Br2ClFN2S/c1-5-8(15)2-7(12)10(9(5)13)16-3-6-4-17-11(14)18-6/h2,4,16H,3H2,1H3. The number of thiazole rings is 1. The van der Waals surface area contributed by atoms with Gasteiger partial charge in [-0.15, -0.1) is 11.3 Å². The van der Waals surface area contributed by atoms with Gasteiger partial charge in [-0.05, 0) is 44.8 Å². The van der Waals surface area contributed by atoms with E-state index in [-0.39, 0.29) is 5.82 Å². The monoisotopic (exact) mass is 412 g/mol. The van der Waals surface area contributed by atoms with Gasteiger partial charge in [0.2, 0.25) is 0 Å². The van der Waals surface area contributed by atoms with Gasteiger partial charge in [0.25, 0.3) is 0 Å². The van der Waals surface area contributed by atoms with Crippen molar-refractivity contribution in [2.24, 2.45) is 0 Å². The van der Waals surface area contributed by atoms with Gasteiger partial charge in [0.1, 0.15) is 5.82 Å². The lowest BCUT2D eigenvalue weighted by molar-refractivity contribution is 0.616. The van der Waals surface area contributed by atoms with Gasteiger partial charge >= 0.3 is 0 Å². The number of hydrogen-bond donors (Lipinski definition) is 1. The Balaban J connectivity index is 2.22. The summed E-state index contributed by atoms with van der Waals surface area (Å²) in [5.74, 6) is -0.250. The van der Waals surface area contributed by atoms with Gasteiger partial charge in [0, 0.05) is 25.6 Å². The summed E-state index contributed by atoms with van der Waals surface area (Å²) in [6, 6.07) is 1.45. The summed E-state index contributed by atoms with van der Waals surface area (Å²) in [6.45, 7) is 2.31. The van der Waals surface area contributed by atoms with Crippen molar-refractivity contribution in [1.82, 2.24) is 4.98 Å². The molecule has 0 atom stereocenters. The minimum atomic E-state index is -0.250. The van der Waals surface area contributed by atoms with Crippen molar-refractivity contribution in [3.8, 4) is 0 Å². The van der Waals surface area contributed by atoms with Gasteiger partial charge < -0.3 is 5.32 Å². The van der Waals surface area contributed by atoms with E-state index in [2.05, 4.69) is 42.2 Å². The Morgan fingerprint density at radius 3 is 2.83 bits per heavy atom. The Morgan fingerprint density at radius 1 is 1.50 bits per heavy atom. The van der Waals surface area contributed by atoms with Gasteiger partial charge in [-0.25, -0.2) is 9.37 Å². The molecule has 2 nitrogen and oxygen atoms in total. The van der Waals surface area contributed by atoms with E-state index in [1.165, 1.54) is 17.4 Å². The first-order valence-corrected chi connectivity index (χ1v) is 7.75. The lowest BCUT2D eigenvalue weighted by Gasteiger charge is -2.12. The fraction of sp³-hybridized carbons (Fsp3) is 0.182. The van der Waals surface area contributed by atoms with E-state index < -0.39 is 0 Å². The van der Waals surface area contributed by atoms with E-state index in [9.17, 15) is 4.39 Å². The van der Waals surface area contributed by atoms with Crippen LogP contribution >= 0.6 is 54.8 Å². The van der Waals surface area contributed by atoms with E-state index in [1.807, 2.05) is 0 Å². The molecule has 0 aliphatic rings. The molecule has 0 aliphatic carbocycles. The van der Waals surface area contributed by atoms with Crippen LogP contribution in [0.3, 0.4) is 0 Å². The van der Waals surface area contributed by atoms with Crippen molar-refractivity contribution >= 4 is 60.5 Å². The minimum Gasteiger partial charge on any atom is -0.378 e. The van der Waals surface area contributed by atoms with Crippen LogP contribution in [0.2, 0.25) is 4.47 Å². The zero-order valence-electron chi connectivity index (χ0n) is 9.23. The molecule has 96 valence electrons. The Morgan fingerprint density at radius 2 is 2.22 bits per heavy atom. The van der Waals surface area contributed by atoms with Crippen LogP contribution in [-0.4, -0.2) is 4.98 Å². The molecule has 0 unspecified atom stereocenters. The number of nitrogens with zero attached hydrogens (tertiary/aromatic N) is 1. The first-order chi connectivity index (χ1) is 8.49. The average Bonchev–Trinajstić information content (AvgIpc) is 2.72. The molecule has 1 N–H and O–H groups in total. The summed E-state index contributed by atoms with van der Waals surface area (Å²) in [5, 5.41) is 3.23. The summed E-state index contributed by atoms with van der Waals surface area (Å²) in [4.78, 5) is 4.98. The van der Waals surface area contributed by atoms with Crippen molar-refractivity contribution < 1.29 is 4.39 Å². The molecule has 2 rings (SSSR count). The second-order valence-electron chi connectivity index (χ2n) is 3.59. The van der Waals surface area contributed by atoms with Crippen molar-refractivity contribution in [3.63, 3.8) is 0 Å². The number of anilines is 1. The van der Waals surface area contributed by atoms with Crippen LogP contribution in [0.4, 0.5) is 10.1 Å². The topological polar surface area (TPSA) is 24.9 Å². The third kappa shape index (κ3) is 3.04. The maximum atomic E-state index is 13.5. The normalized spacial score (nSPS) is 10.7. The smallest absolute Gasteiger partial charge is 0.183 e. The Hall–Kier alpha value is -0.170. The highest BCUT2D eigenvalue weighted by molar-refractivity contribution is 9.11. The molecule has 7 heteroatoms. The number of hydrogen-bond acceptors (Lipinski definition) is 3. The van der Waals surface area contributed by atoms with Gasteiger partial charge in [0.15, 0.2) is 4.47 Å². The third-order valence-corrected chi connectivity index (χ3v) is 5.10. The lowest BCUT2D eigenvalue weighted by atomic mass is 10.2.